The van der Waals surface area contributed by atoms with Gasteiger partial charge >= 0.3 is 0 Å². The first-order valence-corrected chi connectivity index (χ1v) is 8.59. The van der Waals surface area contributed by atoms with Gasteiger partial charge in [-0.3, -0.25) is 0 Å². The molecular weight excluding hydrogens is 266 g/mol. The summed E-state index contributed by atoms with van der Waals surface area (Å²) < 4.78 is 0. The van der Waals surface area contributed by atoms with Gasteiger partial charge in [-0.25, -0.2) is 0 Å². The number of benzene rings is 1. The first-order chi connectivity index (χ1) is 9.49. The van der Waals surface area contributed by atoms with Crippen LogP contribution in [0, 0.1) is 5.41 Å². The van der Waals surface area contributed by atoms with E-state index in [-0.39, 0.29) is 0 Å². The minimum Gasteiger partial charge on any atom is -0.389 e. The van der Waals surface area contributed by atoms with Crippen molar-refractivity contribution in [2.75, 3.05) is 18.8 Å². The maximum Gasteiger partial charge on any atom is 0.0772 e. The molecule has 112 valence electrons. The normalized spacial score (nSPS) is 20.8. The Morgan fingerprint density at radius 1 is 1.10 bits per heavy atom. The molecule has 3 heteroatoms. The Labute approximate surface area is 127 Å². The minimum absolute atomic E-state index is 0.412. The molecule has 1 aliphatic rings. The van der Waals surface area contributed by atoms with Crippen LogP contribution in [0.3, 0.4) is 0 Å². The zero-order valence-electron chi connectivity index (χ0n) is 12.7. The molecule has 1 saturated carbocycles. The monoisotopic (exact) mass is 293 g/mol. The molecule has 1 aromatic rings. The topological polar surface area (TPSA) is 32.3 Å². The van der Waals surface area contributed by atoms with Crippen molar-refractivity contribution < 1.29 is 5.11 Å². The molecule has 0 heterocycles. The van der Waals surface area contributed by atoms with Crippen LogP contribution in [0.15, 0.2) is 35.2 Å². The zero-order valence-corrected chi connectivity index (χ0v) is 13.5. The largest absolute Gasteiger partial charge is 0.389 e. The standard InChI is InChI=1S/C17H27NOS/c1-16(2)8-10-17(19,11-9-16)14-18-12-13-20-15-6-4-3-5-7-15/h3-7,18-19H,8-14H2,1-2H3. The summed E-state index contributed by atoms with van der Waals surface area (Å²) in [7, 11) is 0. The van der Waals surface area contributed by atoms with E-state index < -0.39 is 5.60 Å². The average Bonchev–Trinajstić information content (AvgIpc) is 2.44. The predicted molar refractivity (Wildman–Crippen MR) is 87.2 cm³/mol. The fourth-order valence-electron chi connectivity index (χ4n) is 2.65. The summed E-state index contributed by atoms with van der Waals surface area (Å²) in [6.07, 6.45) is 4.12. The molecule has 0 saturated heterocycles. The summed E-state index contributed by atoms with van der Waals surface area (Å²) in [5.74, 6) is 1.05. The maximum absolute atomic E-state index is 10.6. The van der Waals surface area contributed by atoms with E-state index >= 15 is 0 Å². The summed E-state index contributed by atoms with van der Waals surface area (Å²) in [5, 5.41) is 14.0. The van der Waals surface area contributed by atoms with E-state index in [4.69, 9.17) is 0 Å². The van der Waals surface area contributed by atoms with Crippen LogP contribution in [0.25, 0.3) is 0 Å². The van der Waals surface area contributed by atoms with Crippen molar-refractivity contribution in [2.45, 2.75) is 50.0 Å². The average molecular weight is 293 g/mol. The smallest absolute Gasteiger partial charge is 0.0772 e. The fourth-order valence-corrected chi connectivity index (χ4v) is 3.48. The second-order valence-electron chi connectivity index (χ2n) is 6.73. The number of aliphatic hydroxyl groups is 1. The molecule has 1 fully saturated rings. The number of nitrogens with one attached hydrogen (secondary N) is 1. The molecule has 20 heavy (non-hydrogen) atoms. The first-order valence-electron chi connectivity index (χ1n) is 7.60. The van der Waals surface area contributed by atoms with E-state index in [2.05, 4.69) is 43.4 Å². The van der Waals surface area contributed by atoms with Gasteiger partial charge in [-0.1, -0.05) is 32.0 Å². The van der Waals surface area contributed by atoms with E-state index in [0.717, 1.165) is 44.5 Å². The third-order valence-corrected chi connectivity index (χ3v) is 5.29. The van der Waals surface area contributed by atoms with Crippen molar-refractivity contribution in [3.8, 4) is 0 Å². The molecule has 2 rings (SSSR count). The summed E-state index contributed by atoms with van der Waals surface area (Å²) in [6.45, 7) is 6.29. The van der Waals surface area contributed by atoms with Crippen LogP contribution in [-0.4, -0.2) is 29.5 Å². The van der Waals surface area contributed by atoms with Gasteiger partial charge < -0.3 is 10.4 Å². The Hall–Kier alpha value is -0.510. The first kappa shape index (κ1) is 15.9. The molecule has 2 nitrogen and oxygen atoms in total. The Kier molecular flexibility index (Phi) is 5.53. The maximum atomic E-state index is 10.6. The van der Waals surface area contributed by atoms with Gasteiger partial charge in [-0.15, -0.1) is 11.8 Å². The van der Waals surface area contributed by atoms with Crippen LogP contribution in [0.2, 0.25) is 0 Å². The van der Waals surface area contributed by atoms with Gasteiger partial charge in [0.25, 0.3) is 0 Å². The van der Waals surface area contributed by atoms with Crippen LogP contribution in [0.4, 0.5) is 0 Å². The van der Waals surface area contributed by atoms with Crippen LogP contribution >= 0.6 is 11.8 Å². The van der Waals surface area contributed by atoms with Crippen molar-refractivity contribution >= 4 is 11.8 Å². The minimum atomic E-state index is -0.479. The van der Waals surface area contributed by atoms with Crippen LogP contribution in [0.5, 0.6) is 0 Å². The Bertz CT molecular complexity index is 395. The molecule has 0 unspecified atom stereocenters. The second-order valence-corrected chi connectivity index (χ2v) is 7.90. The Morgan fingerprint density at radius 3 is 2.40 bits per heavy atom. The summed E-state index contributed by atoms with van der Waals surface area (Å²) in [6, 6.07) is 10.5. The highest BCUT2D eigenvalue weighted by molar-refractivity contribution is 7.99. The lowest BCUT2D eigenvalue weighted by Crippen LogP contribution is -2.45. The van der Waals surface area contributed by atoms with E-state index in [9.17, 15) is 5.11 Å². The van der Waals surface area contributed by atoms with E-state index in [0.29, 0.717) is 5.41 Å². The van der Waals surface area contributed by atoms with E-state index in [1.807, 2.05) is 17.8 Å². The SMILES string of the molecule is CC1(C)CCC(O)(CNCCSc2ccccc2)CC1. The molecule has 0 atom stereocenters. The van der Waals surface area contributed by atoms with Gasteiger partial charge in [-0.05, 0) is 43.2 Å². The summed E-state index contributed by atoms with van der Waals surface area (Å²) in [4.78, 5) is 1.31. The molecular formula is C17H27NOS. The summed E-state index contributed by atoms with van der Waals surface area (Å²) >= 11 is 1.86. The highest BCUT2D eigenvalue weighted by atomic mass is 32.2. The van der Waals surface area contributed by atoms with Crippen LogP contribution < -0.4 is 5.32 Å². The summed E-state index contributed by atoms with van der Waals surface area (Å²) in [5.41, 5.74) is -0.0671. The second kappa shape index (κ2) is 6.97. The predicted octanol–water partition coefficient (Wildman–Crippen LogP) is 3.70. The molecule has 1 aromatic carbocycles. The van der Waals surface area contributed by atoms with Gasteiger partial charge in [0.2, 0.25) is 0 Å². The molecule has 1 aliphatic carbocycles. The fraction of sp³-hybridized carbons (Fsp3) is 0.647. The van der Waals surface area contributed by atoms with Crippen molar-refractivity contribution in [1.29, 1.82) is 0 Å². The molecule has 0 bridgehead atoms. The molecule has 0 aliphatic heterocycles. The van der Waals surface area contributed by atoms with Gasteiger partial charge in [0.05, 0.1) is 5.60 Å². The molecule has 0 aromatic heterocycles. The quantitative estimate of drug-likeness (QED) is 0.619. The van der Waals surface area contributed by atoms with Crippen LogP contribution in [-0.2, 0) is 0 Å². The van der Waals surface area contributed by atoms with Gasteiger partial charge in [0.1, 0.15) is 0 Å². The molecule has 2 N–H and O–H groups in total. The lowest BCUT2D eigenvalue weighted by molar-refractivity contribution is -0.0238. The van der Waals surface area contributed by atoms with Crippen molar-refractivity contribution in [2.24, 2.45) is 5.41 Å². The number of thioether (sulfide) groups is 1. The van der Waals surface area contributed by atoms with Crippen LogP contribution in [0.1, 0.15) is 39.5 Å². The Morgan fingerprint density at radius 2 is 1.75 bits per heavy atom. The lowest BCUT2D eigenvalue weighted by Gasteiger charge is -2.40. The van der Waals surface area contributed by atoms with Gasteiger partial charge in [0, 0.05) is 23.7 Å². The third-order valence-electron chi connectivity index (χ3n) is 4.28. The van der Waals surface area contributed by atoms with E-state index in [1.165, 1.54) is 4.90 Å². The zero-order chi connectivity index (χ0) is 14.5. The van der Waals surface area contributed by atoms with Gasteiger partial charge in [0.15, 0.2) is 0 Å². The van der Waals surface area contributed by atoms with Crippen molar-refractivity contribution in [3.05, 3.63) is 30.3 Å². The number of hydrogen-bond donors (Lipinski definition) is 2. The highest BCUT2D eigenvalue weighted by Gasteiger charge is 2.36. The molecule has 0 spiro atoms. The highest BCUT2D eigenvalue weighted by Crippen LogP contribution is 2.39. The lowest BCUT2D eigenvalue weighted by atomic mass is 9.71. The van der Waals surface area contributed by atoms with Gasteiger partial charge in [-0.2, -0.15) is 0 Å². The number of rotatable bonds is 6. The third kappa shape index (κ3) is 5.12. The van der Waals surface area contributed by atoms with E-state index in [1.54, 1.807) is 0 Å². The molecule has 0 radical (unpaired) electrons. The number of hydrogen-bond acceptors (Lipinski definition) is 3. The molecule has 0 amide bonds. The van der Waals surface area contributed by atoms with Crippen molar-refractivity contribution in [1.82, 2.24) is 5.32 Å². The Balaban J connectivity index is 1.61. The van der Waals surface area contributed by atoms with Crippen molar-refractivity contribution in [3.63, 3.8) is 0 Å².